The predicted molar refractivity (Wildman–Crippen MR) is 122 cm³/mol. The number of anilines is 2. The Balaban J connectivity index is 2.01. The van der Waals surface area contributed by atoms with Crippen molar-refractivity contribution in [1.29, 1.82) is 0 Å². The first-order valence-electron chi connectivity index (χ1n) is 9.78. The summed E-state index contributed by atoms with van der Waals surface area (Å²) >= 11 is 0. The lowest BCUT2D eigenvalue weighted by molar-refractivity contribution is 0.0695. The summed E-state index contributed by atoms with van der Waals surface area (Å²) in [6.45, 7) is 0.0179. The number of nitrogens with one attached hydrogen (secondary N) is 1. The van der Waals surface area contributed by atoms with Gasteiger partial charge in [0.15, 0.2) is 0 Å². The molecule has 0 aliphatic heterocycles. The standard InChI is InChI=1S/C23H24N4O5/c1-26(2)18-12-15(21(24)29)8-9-17(18)27-11-10-16(20(22(27)30)23(31)32)25-13-19(28)14-6-4-3-5-7-14/h3-12,19,25,28H,13H2,1-2H3,(H2,24,29)(H,31,32)/t19-/m0/s1. The first kappa shape index (κ1) is 22.6. The van der Waals surface area contributed by atoms with E-state index in [1.54, 1.807) is 43.3 Å². The quantitative estimate of drug-likeness (QED) is 0.423. The van der Waals surface area contributed by atoms with Crippen molar-refractivity contribution in [3.05, 3.63) is 87.8 Å². The Bertz CT molecular complexity index is 1200. The molecule has 32 heavy (non-hydrogen) atoms. The van der Waals surface area contributed by atoms with Crippen molar-refractivity contribution in [1.82, 2.24) is 4.57 Å². The summed E-state index contributed by atoms with van der Waals surface area (Å²) in [5, 5.41) is 22.9. The van der Waals surface area contributed by atoms with Crippen LogP contribution in [0.15, 0.2) is 65.6 Å². The normalized spacial score (nSPS) is 11.6. The highest BCUT2D eigenvalue weighted by Crippen LogP contribution is 2.25. The number of pyridine rings is 1. The third-order valence-corrected chi connectivity index (χ3v) is 4.98. The van der Waals surface area contributed by atoms with E-state index in [0.717, 1.165) is 0 Å². The number of hydrogen-bond donors (Lipinski definition) is 4. The van der Waals surface area contributed by atoms with Gasteiger partial charge in [-0.25, -0.2) is 4.79 Å². The van der Waals surface area contributed by atoms with Crippen LogP contribution in [0.5, 0.6) is 0 Å². The predicted octanol–water partition coefficient (Wildman–Crippen LogP) is 1.85. The first-order chi connectivity index (χ1) is 15.2. The zero-order valence-corrected chi connectivity index (χ0v) is 17.6. The van der Waals surface area contributed by atoms with Crippen LogP contribution in [0.1, 0.15) is 32.4 Å². The van der Waals surface area contributed by atoms with E-state index >= 15 is 0 Å². The van der Waals surface area contributed by atoms with Gasteiger partial charge in [0.25, 0.3) is 5.56 Å². The zero-order chi connectivity index (χ0) is 23.4. The summed E-state index contributed by atoms with van der Waals surface area (Å²) < 4.78 is 1.20. The summed E-state index contributed by atoms with van der Waals surface area (Å²) in [7, 11) is 3.46. The summed E-state index contributed by atoms with van der Waals surface area (Å²) in [4.78, 5) is 38.3. The monoisotopic (exact) mass is 436 g/mol. The lowest BCUT2D eigenvalue weighted by Gasteiger charge is -2.20. The number of carboxylic acids is 1. The molecular weight excluding hydrogens is 412 g/mol. The number of amides is 1. The molecule has 9 nitrogen and oxygen atoms in total. The molecule has 166 valence electrons. The highest BCUT2D eigenvalue weighted by Gasteiger charge is 2.20. The summed E-state index contributed by atoms with van der Waals surface area (Å²) in [6, 6.07) is 14.9. The lowest BCUT2D eigenvalue weighted by Crippen LogP contribution is -2.28. The van der Waals surface area contributed by atoms with Gasteiger partial charge in [0.2, 0.25) is 5.91 Å². The van der Waals surface area contributed by atoms with Gasteiger partial charge < -0.3 is 26.2 Å². The molecule has 1 heterocycles. The Labute approximate surface area is 184 Å². The van der Waals surface area contributed by atoms with Gasteiger partial charge in [-0.3, -0.25) is 14.2 Å². The Kier molecular flexibility index (Phi) is 6.60. The molecule has 2 aromatic carbocycles. The van der Waals surface area contributed by atoms with Crippen molar-refractivity contribution >= 4 is 23.3 Å². The van der Waals surface area contributed by atoms with E-state index < -0.39 is 29.1 Å². The van der Waals surface area contributed by atoms with Gasteiger partial charge in [0.05, 0.1) is 23.2 Å². The van der Waals surface area contributed by atoms with Gasteiger partial charge in [-0.1, -0.05) is 30.3 Å². The average Bonchev–Trinajstić information content (AvgIpc) is 2.77. The number of aliphatic hydroxyl groups excluding tert-OH is 1. The second-order valence-corrected chi connectivity index (χ2v) is 7.35. The molecule has 9 heteroatoms. The van der Waals surface area contributed by atoms with Crippen molar-refractivity contribution in [3.63, 3.8) is 0 Å². The van der Waals surface area contributed by atoms with E-state index in [1.807, 2.05) is 6.07 Å². The van der Waals surface area contributed by atoms with Crippen LogP contribution in [0.3, 0.4) is 0 Å². The van der Waals surface area contributed by atoms with Crippen molar-refractivity contribution in [2.75, 3.05) is 30.9 Å². The Morgan fingerprint density at radius 1 is 1.12 bits per heavy atom. The van der Waals surface area contributed by atoms with E-state index in [-0.39, 0.29) is 17.8 Å². The number of nitrogens with zero attached hydrogens (tertiary/aromatic N) is 2. The van der Waals surface area contributed by atoms with Crippen LogP contribution in [-0.4, -0.2) is 47.3 Å². The molecule has 0 saturated carbocycles. The molecule has 0 bridgehead atoms. The number of primary amides is 1. The highest BCUT2D eigenvalue weighted by atomic mass is 16.4. The molecule has 0 fully saturated rings. The van der Waals surface area contributed by atoms with E-state index in [4.69, 9.17) is 5.73 Å². The maximum atomic E-state index is 13.1. The number of nitrogens with two attached hydrogens (primary N) is 1. The SMILES string of the molecule is CN(C)c1cc(C(N)=O)ccc1-n1ccc(NC[C@H](O)c2ccccc2)c(C(=O)O)c1=O. The average molecular weight is 436 g/mol. The van der Waals surface area contributed by atoms with Crippen LogP contribution in [0.25, 0.3) is 5.69 Å². The number of carbonyl (C=O) groups excluding carboxylic acids is 1. The lowest BCUT2D eigenvalue weighted by atomic mass is 10.1. The van der Waals surface area contributed by atoms with Crippen molar-refractivity contribution < 1.29 is 19.8 Å². The Hall–Kier alpha value is -4.11. The number of aliphatic hydroxyl groups is 1. The number of rotatable bonds is 8. The van der Waals surface area contributed by atoms with E-state index in [1.165, 1.54) is 35.0 Å². The van der Waals surface area contributed by atoms with Gasteiger partial charge in [0.1, 0.15) is 5.56 Å². The van der Waals surface area contributed by atoms with Crippen molar-refractivity contribution in [2.45, 2.75) is 6.10 Å². The number of carboxylic acid groups (broad SMARTS) is 1. The minimum Gasteiger partial charge on any atom is -0.477 e. The van der Waals surface area contributed by atoms with Crippen LogP contribution in [0, 0.1) is 0 Å². The van der Waals surface area contributed by atoms with Gasteiger partial charge in [-0.05, 0) is 29.8 Å². The van der Waals surface area contributed by atoms with Crippen molar-refractivity contribution in [2.24, 2.45) is 5.73 Å². The summed E-state index contributed by atoms with van der Waals surface area (Å²) in [6.07, 6.45) is 0.556. The van der Waals surface area contributed by atoms with Crippen LogP contribution in [0.4, 0.5) is 11.4 Å². The molecule has 1 amide bonds. The van der Waals surface area contributed by atoms with Gasteiger partial charge in [-0.2, -0.15) is 0 Å². The fraction of sp³-hybridized carbons (Fsp3) is 0.174. The molecule has 0 saturated heterocycles. The smallest absolute Gasteiger partial charge is 0.343 e. The minimum atomic E-state index is -1.40. The Morgan fingerprint density at radius 3 is 2.41 bits per heavy atom. The van der Waals surface area contributed by atoms with Gasteiger partial charge >= 0.3 is 5.97 Å². The fourth-order valence-electron chi connectivity index (χ4n) is 3.32. The number of benzene rings is 2. The highest BCUT2D eigenvalue weighted by molar-refractivity contribution is 5.95. The third kappa shape index (κ3) is 4.62. The van der Waals surface area contributed by atoms with E-state index in [9.17, 15) is 24.6 Å². The van der Waals surface area contributed by atoms with Crippen LogP contribution in [-0.2, 0) is 0 Å². The van der Waals surface area contributed by atoms with Gasteiger partial charge in [0, 0.05) is 32.4 Å². The molecule has 0 spiro atoms. The molecule has 0 unspecified atom stereocenters. The molecule has 0 aliphatic carbocycles. The van der Waals surface area contributed by atoms with E-state index in [2.05, 4.69) is 5.32 Å². The second kappa shape index (κ2) is 9.36. The summed E-state index contributed by atoms with van der Waals surface area (Å²) in [5.74, 6) is -2.02. The molecular formula is C23H24N4O5. The summed E-state index contributed by atoms with van der Waals surface area (Å²) in [5.41, 5.74) is 6.05. The molecule has 1 atom stereocenters. The number of carbonyl (C=O) groups is 2. The molecule has 0 aliphatic rings. The minimum absolute atomic E-state index is 0.0179. The maximum Gasteiger partial charge on any atom is 0.343 e. The van der Waals surface area contributed by atoms with Crippen LogP contribution < -0.4 is 21.5 Å². The van der Waals surface area contributed by atoms with Crippen LogP contribution >= 0.6 is 0 Å². The number of hydrogen-bond acceptors (Lipinski definition) is 6. The topological polar surface area (TPSA) is 138 Å². The van der Waals surface area contributed by atoms with Crippen LogP contribution in [0.2, 0.25) is 0 Å². The molecule has 3 rings (SSSR count). The molecule has 5 N–H and O–H groups in total. The Morgan fingerprint density at radius 2 is 1.81 bits per heavy atom. The van der Waals surface area contributed by atoms with Gasteiger partial charge in [-0.15, -0.1) is 0 Å². The fourth-order valence-corrected chi connectivity index (χ4v) is 3.32. The third-order valence-electron chi connectivity index (χ3n) is 4.98. The number of aromatic nitrogens is 1. The first-order valence-corrected chi connectivity index (χ1v) is 9.78. The molecule has 1 aromatic heterocycles. The largest absolute Gasteiger partial charge is 0.477 e. The van der Waals surface area contributed by atoms with Crippen molar-refractivity contribution in [3.8, 4) is 5.69 Å². The maximum absolute atomic E-state index is 13.1. The molecule has 0 radical (unpaired) electrons. The number of aromatic carboxylic acids is 1. The van der Waals surface area contributed by atoms with E-state index in [0.29, 0.717) is 16.9 Å². The second-order valence-electron chi connectivity index (χ2n) is 7.35. The zero-order valence-electron chi connectivity index (χ0n) is 17.6. The molecule has 3 aromatic rings.